The van der Waals surface area contributed by atoms with E-state index < -0.39 is 11.6 Å². The second-order valence-electron chi connectivity index (χ2n) is 8.85. The molecule has 3 heterocycles. The molecule has 3 aliphatic heterocycles. The molecule has 174 valence electrons. The van der Waals surface area contributed by atoms with Gasteiger partial charge >= 0.3 is 5.97 Å². The second-order valence-corrected chi connectivity index (χ2v) is 8.85. The molecule has 0 spiro atoms. The molecule has 0 radical (unpaired) electrons. The number of rotatable bonds is 8. The molecule has 0 atom stereocenters. The Morgan fingerprint density at radius 3 is 2.06 bits per heavy atom. The first kappa shape index (κ1) is 24.3. The summed E-state index contributed by atoms with van der Waals surface area (Å²) in [4.78, 5) is 14.6. The van der Waals surface area contributed by atoms with Crippen molar-refractivity contribution in [1.29, 1.82) is 0 Å². The highest BCUT2D eigenvalue weighted by Gasteiger charge is 2.40. The lowest BCUT2D eigenvalue weighted by Gasteiger charge is -2.47. The summed E-state index contributed by atoms with van der Waals surface area (Å²) in [6.45, 7) is 4.82. The molecule has 0 unspecified atom stereocenters. The predicted octanol–water partition coefficient (Wildman–Crippen LogP) is 4.50. The van der Waals surface area contributed by atoms with Crippen LogP contribution in [0.1, 0.15) is 43.2 Å². The van der Waals surface area contributed by atoms with Crippen molar-refractivity contribution in [3.05, 3.63) is 71.3 Å². The molecule has 0 aromatic heterocycles. The number of hydrogen-bond donors (Lipinski definition) is 1. The van der Waals surface area contributed by atoms with E-state index in [-0.39, 0.29) is 11.4 Å². The van der Waals surface area contributed by atoms with E-state index >= 15 is 0 Å². The van der Waals surface area contributed by atoms with Crippen molar-refractivity contribution in [2.75, 3.05) is 32.8 Å². The van der Waals surface area contributed by atoms with Crippen molar-refractivity contribution in [1.82, 2.24) is 4.90 Å². The standard InChI is InChI=1S/C20H30N2O2.C6H4F2/c21-12-8-18-5-2-1-4-17(18)6-3-7-19(23)24-16-20-9-13-22(14-10-20)15-11-20;7-5-2-1-3-6(8)4-5/h1-2,4-5H,3,6-16,21H2;1-4H. The number of carbonyl (C=O) groups is 1. The van der Waals surface area contributed by atoms with Crippen molar-refractivity contribution in [3.63, 3.8) is 0 Å². The zero-order valence-electron chi connectivity index (χ0n) is 18.7. The van der Waals surface area contributed by atoms with Crippen molar-refractivity contribution < 1.29 is 18.3 Å². The van der Waals surface area contributed by atoms with Crippen LogP contribution in [0.3, 0.4) is 0 Å². The maximum absolute atomic E-state index is 12.1. The maximum atomic E-state index is 12.1. The van der Waals surface area contributed by atoms with E-state index in [0.29, 0.717) is 19.6 Å². The van der Waals surface area contributed by atoms with Crippen LogP contribution in [0.4, 0.5) is 8.78 Å². The molecule has 2 aromatic carbocycles. The lowest BCUT2D eigenvalue weighted by Crippen LogP contribution is -2.50. The molecule has 3 saturated heterocycles. The first-order chi connectivity index (χ1) is 15.5. The fourth-order valence-electron chi connectivity index (χ4n) is 4.50. The number of piperidine rings is 3. The molecule has 5 rings (SSSR count). The fourth-order valence-corrected chi connectivity index (χ4v) is 4.50. The highest BCUT2D eigenvalue weighted by atomic mass is 19.1. The van der Waals surface area contributed by atoms with E-state index in [4.69, 9.17) is 10.5 Å². The third-order valence-corrected chi connectivity index (χ3v) is 6.56. The Labute approximate surface area is 189 Å². The summed E-state index contributed by atoms with van der Waals surface area (Å²) in [5.41, 5.74) is 8.56. The summed E-state index contributed by atoms with van der Waals surface area (Å²) in [5, 5.41) is 0. The molecular weight excluding hydrogens is 410 g/mol. The van der Waals surface area contributed by atoms with Gasteiger partial charge in [0.1, 0.15) is 11.6 Å². The second kappa shape index (κ2) is 12.1. The minimum absolute atomic E-state index is 0.0336. The maximum Gasteiger partial charge on any atom is 0.305 e. The number of halogens is 2. The third kappa shape index (κ3) is 7.38. The van der Waals surface area contributed by atoms with Crippen LogP contribution in [0.2, 0.25) is 0 Å². The van der Waals surface area contributed by atoms with E-state index in [1.807, 2.05) is 0 Å². The van der Waals surface area contributed by atoms with Crippen molar-refractivity contribution >= 4 is 5.97 Å². The number of nitrogens with zero attached hydrogens (tertiary/aromatic N) is 1. The van der Waals surface area contributed by atoms with Crippen LogP contribution in [0.25, 0.3) is 0 Å². The molecule has 6 heteroatoms. The van der Waals surface area contributed by atoms with Gasteiger partial charge in [0.05, 0.1) is 6.61 Å². The number of benzene rings is 2. The van der Waals surface area contributed by atoms with Gasteiger partial charge in [-0.2, -0.15) is 0 Å². The van der Waals surface area contributed by atoms with Gasteiger partial charge in [-0.1, -0.05) is 30.3 Å². The predicted molar refractivity (Wildman–Crippen MR) is 122 cm³/mol. The summed E-state index contributed by atoms with van der Waals surface area (Å²) in [7, 11) is 0. The zero-order chi connectivity index (χ0) is 22.8. The summed E-state index contributed by atoms with van der Waals surface area (Å²) >= 11 is 0. The number of hydrogen-bond acceptors (Lipinski definition) is 4. The van der Waals surface area contributed by atoms with Crippen LogP contribution in [-0.4, -0.2) is 43.7 Å². The zero-order valence-corrected chi connectivity index (χ0v) is 18.7. The van der Waals surface area contributed by atoms with Crippen LogP contribution in [0, 0.1) is 17.0 Å². The number of ether oxygens (including phenoxy) is 1. The largest absolute Gasteiger partial charge is 0.465 e. The van der Waals surface area contributed by atoms with E-state index in [1.165, 1.54) is 68.2 Å². The smallest absolute Gasteiger partial charge is 0.305 e. The quantitative estimate of drug-likeness (QED) is 0.609. The van der Waals surface area contributed by atoms with Crippen LogP contribution < -0.4 is 5.73 Å². The first-order valence-electron chi connectivity index (χ1n) is 11.6. The van der Waals surface area contributed by atoms with Gasteiger partial charge in [0.2, 0.25) is 0 Å². The average molecular weight is 445 g/mol. The average Bonchev–Trinajstić information content (AvgIpc) is 2.81. The van der Waals surface area contributed by atoms with Crippen LogP contribution in [0.5, 0.6) is 0 Å². The van der Waals surface area contributed by atoms with Crippen LogP contribution >= 0.6 is 0 Å². The number of esters is 1. The Morgan fingerprint density at radius 1 is 0.938 bits per heavy atom. The molecule has 0 saturated carbocycles. The van der Waals surface area contributed by atoms with Gasteiger partial charge < -0.3 is 15.4 Å². The van der Waals surface area contributed by atoms with Crippen molar-refractivity contribution in [3.8, 4) is 0 Å². The Kier molecular flexibility index (Phi) is 9.18. The SMILES string of the molecule is Fc1cccc(F)c1.NCCc1ccccc1CCCC(=O)OCC12CCN(CC1)CC2. The molecule has 3 aliphatic rings. The topological polar surface area (TPSA) is 55.6 Å². The minimum Gasteiger partial charge on any atom is -0.465 e. The number of fused-ring (bicyclic) bond motifs is 3. The summed E-state index contributed by atoms with van der Waals surface area (Å²) in [5.74, 6) is -1.11. The molecule has 4 nitrogen and oxygen atoms in total. The van der Waals surface area contributed by atoms with Crippen molar-refractivity contribution in [2.45, 2.75) is 44.9 Å². The normalized spacial score (nSPS) is 21.5. The molecule has 3 fully saturated rings. The lowest BCUT2D eigenvalue weighted by atomic mass is 9.73. The van der Waals surface area contributed by atoms with Gasteiger partial charge in [0.25, 0.3) is 0 Å². The Bertz CT molecular complexity index is 835. The van der Waals surface area contributed by atoms with Gasteiger partial charge in [0, 0.05) is 17.9 Å². The van der Waals surface area contributed by atoms with Gasteiger partial charge in [-0.15, -0.1) is 0 Å². The molecule has 0 amide bonds. The third-order valence-electron chi connectivity index (χ3n) is 6.56. The van der Waals surface area contributed by atoms with E-state index in [0.717, 1.165) is 25.3 Å². The first-order valence-corrected chi connectivity index (χ1v) is 11.6. The molecular formula is C26H34F2N2O2. The van der Waals surface area contributed by atoms with Crippen LogP contribution in [0.15, 0.2) is 48.5 Å². The highest BCUT2D eigenvalue weighted by molar-refractivity contribution is 5.69. The lowest BCUT2D eigenvalue weighted by molar-refractivity contribution is -0.150. The molecule has 2 bridgehead atoms. The van der Waals surface area contributed by atoms with Gasteiger partial charge in [-0.05, 0) is 88.0 Å². The monoisotopic (exact) mass is 444 g/mol. The number of nitrogens with two attached hydrogens (primary N) is 1. The highest BCUT2D eigenvalue weighted by Crippen LogP contribution is 2.40. The Morgan fingerprint density at radius 2 is 1.53 bits per heavy atom. The minimum atomic E-state index is -0.537. The van der Waals surface area contributed by atoms with Gasteiger partial charge in [0.15, 0.2) is 0 Å². The molecule has 32 heavy (non-hydrogen) atoms. The fraction of sp³-hybridized carbons (Fsp3) is 0.500. The number of carbonyl (C=O) groups excluding carboxylic acids is 1. The Balaban J connectivity index is 0.000000305. The molecule has 2 aromatic rings. The summed E-state index contributed by atoms with van der Waals surface area (Å²) in [6.07, 6.45) is 6.75. The van der Waals surface area contributed by atoms with Crippen LogP contribution in [-0.2, 0) is 22.4 Å². The molecule has 0 aliphatic carbocycles. The van der Waals surface area contributed by atoms with Gasteiger partial charge in [-0.25, -0.2) is 8.78 Å². The number of aryl methyl sites for hydroxylation is 1. The van der Waals surface area contributed by atoms with E-state index in [9.17, 15) is 13.6 Å². The summed E-state index contributed by atoms with van der Waals surface area (Å²) in [6, 6.07) is 12.9. The molecule has 2 N–H and O–H groups in total. The van der Waals surface area contributed by atoms with E-state index in [2.05, 4.69) is 29.2 Å². The Hall–Kier alpha value is -2.31. The van der Waals surface area contributed by atoms with Gasteiger partial charge in [-0.3, -0.25) is 4.79 Å². The van der Waals surface area contributed by atoms with E-state index in [1.54, 1.807) is 0 Å². The summed E-state index contributed by atoms with van der Waals surface area (Å²) < 4.78 is 29.5. The van der Waals surface area contributed by atoms with Crippen molar-refractivity contribution in [2.24, 2.45) is 11.1 Å².